The molecule has 1 amide bonds. The van der Waals surface area contributed by atoms with Crippen LogP contribution in [0.1, 0.15) is 34.1 Å². The van der Waals surface area contributed by atoms with Gasteiger partial charge in [-0.2, -0.15) is 0 Å². The molecule has 0 radical (unpaired) electrons. The van der Waals surface area contributed by atoms with Gasteiger partial charge in [-0.1, -0.05) is 18.5 Å². The molecule has 2 aromatic heterocycles. The molecule has 2 aromatic rings. The number of carbonyl (C=O) groups excluding carboxylic acids is 1. The predicted octanol–water partition coefficient (Wildman–Crippen LogP) is 2.93. The van der Waals surface area contributed by atoms with Crippen LogP contribution in [-0.4, -0.2) is 15.9 Å². The minimum atomic E-state index is -0.153. The van der Waals surface area contributed by atoms with Gasteiger partial charge in [0.05, 0.1) is 0 Å². The highest BCUT2D eigenvalue weighted by Crippen LogP contribution is 2.12. The predicted molar refractivity (Wildman–Crippen MR) is 78.8 cm³/mol. The highest BCUT2D eigenvalue weighted by molar-refractivity contribution is 6.29. The number of pyridine rings is 2. The fourth-order valence-electron chi connectivity index (χ4n) is 1.84. The molecule has 0 aliphatic rings. The Morgan fingerprint density at radius 2 is 2.20 bits per heavy atom. The lowest BCUT2D eigenvalue weighted by Crippen LogP contribution is -2.23. The van der Waals surface area contributed by atoms with Crippen LogP contribution in [0, 0.1) is 6.92 Å². The number of aromatic nitrogens is 2. The Labute approximate surface area is 123 Å². The quantitative estimate of drug-likeness (QED) is 0.881. The number of hydrogen-bond donors (Lipinski definition) is 1. The topological polar surface area (TPSA) is 54.9 Å². The van der Waals surface area contributed by atoms with Gasteiger partial charge in [0.1, 0.15) is 5.15 Å². The molecular formula is C15H16ClN3O. The molecule has 0 fully saturated rings. The number of rotatable bonds is 4. The minimum absolute atomic E-state index is 0.153. The number of amides is 1. The first-order valence-electron chi connectivity index (χ1n) is 6.44. The van der Waals surface area contributed by atoms with E-state index in [0.29, 0.717) is 17.3 Å². The van der Waals surface area contributed by atoms with Crippen LogP contribution in [0.15, 0.2) is 30.6 Å². The van der Waals surface area contributed by atoms with Crippen LogP contribution in [0.2, 0.25) is 5.15 Å². The average Bonchev–Trinajstić information content (AvgIpc) is 2.45. The van der Waals surface area contributed by atoms with Crippen molar-refractivity contribution in [1.82, 2.24) is 15.3 Å². The summed E-state index contributed by atoms with van der Waals surface area (Å²) in [4.78, 5) is 20.3. The summed E-state index contributed by atoms with van der Waals surface area (Å²) in [7, 11) is 0. The molecule has 0 saturated heterocycles. The molecule has 2 rings (SSSR count). The fourth-order valence-corrected chi connectivity index (χ4v) is 2.07. The van der Waals surface area contributed by atoms with E-state index in [9.17, 15) is 4.79 Å². The highest BCUT2D eigenvalue weighted by Gasteiger charge is 2.09. The second-order valence-corrected chi connectivity index (χ2v) is 4.90. The number of nitrogens with zero attached hydrogens (tertiary/aromatic N) is 2. The van der Waals surface area contributed by atoms with Gasteiger partial charge in [-0.15, -0.1) is 0 Å². The Morgan fingerprint density at radius 3 is 2.90 bits per heavy atom. The molecule has 0 atom stereocenters. The van der Waals surface area contributed by atoms with Crippen molar-refractivity contribution in [2.24, 2.45) is 0 Å². The summed E-state index contributed by atoms with van der Waals surface area (Å²) in [5.74, 6) is -0.153. The van der Waals surface area contributed by atoms with Crippen LogP contribution in [-0.2, 0) is 13.0 Å². The molecule has 5 heteroatoms. The molecule has 0 aromatic carbocycles. The van der Waals surface area contributed by atoms with E-state index in [1.807, 2.05) is 19.9 Å². The zero-order valence-electron chi connectivity index (χ0n) is 11.5. The van der Waals surface area contributed by atoms with Gasteiger partial charge in [0.25, 0.3) is 5.91 Å². The van der Waals surface area contributed by atoms with Gasteiger partial charge < -0.3 is 5.32 Å². The SMILES string of the molecule is CCc1cc(C(=O)NCc2ccncc2C)cc(Cl)n1. The van der Waals surface area contributed by atoms with Crippen molar-refractivity contribution in [1.29, 1.82) is 0 Å². The number of halogens is 1. The van der Waals surface area contributed by atoms with Crippen LogP contribution in [0.5, 0.6) is 0 Å². The second kappa shape index (κ2) is 6.48. The van der Waals surface area contributed by atoms with Crippen LogP contribution in [0.25, 0.3) is 0 Å². The van der Waals surface area contributed by atoms with E-state index in [2.05, 4.69) is 15.3 Å². The van der Waals surface area contributed by atoms with E-state index in [1.54, 1.807) is 24.5 Å². The van der Waals surface area contributed by atoms with E-state index < -0.39 is 0 Å². The number of carbonyl (C=O) groups is 1. The highest BCUT2D eigenvalue weighted by atomic mass is 35.5. The van der Waals surface area contributed by atoms with Gasteiger partial charge in [-0.25, -0.2) is 4.98 Å². The molecule has 0 bridgehead atoms. The summed E-state index contributed by atoms with van der Waals surface area (Å²) < 4.78 is 0. The Morgan fingerprint density at radius 1 is 1.40 bits per heavy atom. The first kappa shape index (κ1) is 14.5. The smallest absolute Gasteiger partial charge is 0.251 e. The summed E-state index contributed by atoms with van der Waals surface area (Å²) in [6.45, 7) is 4.41. The summed E-state index contributed by atoms with van der Waals surface area (Å²) in [6.07, 6.45) is 4.23. The van der Waals surface area contributed by atoms with Crippen molar-refractivity contribution >= 4 is 17.5 Å². The maximum atomic E-state index is 12.1. The Balaban J connectivity index is 2.09. The number of nitrogens with one attached hydrogen (secondary N) is 1. The number of aryl methyl sites for hydroxylation is 2. The maximum Gasteiger partial charge on any atom is 0.251 e. The monoisotopic (exact) mass is 289 g/mol. The third-order valence-corrected chi connectivity index (χ3v) is 3.24. The van der Waals surface area contributed by atoms with Gasteiger partial charge in [0, 0.05) is 30.2 Å². The standard InChI is InChI=1S/C15H16ClN3O/c1-3-13-6-12(7-14(16)19-13)15(20)18-9-11-4-5-17-8-10(11)2/h4-8H,3,9H2,1-2H3,(H,18,20). The summed E-state index contributed by atoms with van der Waals surface area (Å²) in [6, 6.07) is 5.24. The lowest BCUT2D eigenvalue weighted by molar-refractivity contribution is 0.0950. The molecule has 0 spiro atoms. The lowest BCUT2D eigenvalue weighted by Gasteiger charge is -2.08. The van der Waals surface area contributed by atoms with E-state index in [0.717, 1.165) is 23.2 Å². The van der Waals surface area contributed by atoms with E-state index in [4.69, 9.17) is 11.6 Å². The van der Waals surface area contributed by atoms with Crippen molar-refractivity contribution in [3.05, 3.63) is 58.1 Å². The first-order valence-corrected chi connectivity index (χ1v) is 6.82. The third-order valence-electron chi connectivity index (χ3n) is 3.05. The summed E-state index contributed by atoms with van der Waals surface area (Å²) >= 11 is 5.92. The average molecular weight is 290 g/mol. The largest absolute Gasteiger partial charge is 0.348 e. The fraction of sp³-hybridized carbons (Fsp3) is 0.267. The molecule has 0 saturated carbocycles. The van der Waals surface area contributed by atoms with Gasteiger partial charge in [-0.3, -0.25) is 9.78 Å². The van der Waals surface area contributed by atoms with Crippen molar-refractivity contribution in [3.63, 3.8) is 0 Å². The molecule has 0 aliphatic heterocycles. The molecule has 1 N–H and O–H groups in total. The normalized spacial score (nSPS) is 10.3. The van der Waals surface area contributed by atoms with Crippen LogP contribution in [0.3, 0.4) is 0 Å². The minimum Gasteiger partial charge on any atom is -0.348 e. The molecule has 104 valence electrons. The second-order valence-electron chi connectivity index (χ2n) is 4.51. The zero-order chi connectivity index (χ0) is 14.5. The Bertz CT molecular complexity index is 628. The van der Waals surface area contributed by atoms with E-state index in [-0.39, 0.29) is 5.91 Å². The maximum absolute atomic E-state index is 12.1. The van der Waals surface area contributed by atoms with Gasteiger partial charge in [0.15, 0.2) is 0 Å². The van der Waals surface area contributed by atoms with E-state index >= 15 is 0 Å². The van der Waals surface area contributed by atoms with Crippen LogP contribution < -0.4 is 5.32 Å². The van der Waals surface area contributed by atoms with E-state index in [1.165, 1.54) is 0 Å². The molecule has 0 aliphatic carbocycles. The van der Waals surface area contributed by atoms with Crippen LogP contribution >= 0.6 is 11.6 Å². The van der Waals surface area contributed by atoms with Gasteiger partial charge >= 0.3 is 0 Å². The number of hydrogen-bond acceptors (Lipinski definition) is 3. The molecule has 4 nitrogen and oxygen atoms in total. The lowest BCUT2D eigenvalue weighted by atomic mass is 10.1. The third kappa shape index (κ3) is 3.54. The molecule has 20 heavy (non-hydrogen) atoms. The first-order chi connectivity index (χ1) is 9.60. The van der Waals surface area contributed by atoms with Crippen molar-refractivity contribution < 1.29 is 4.79 Å². The molecule has 0 unspecified atom stereocenters. The summed E-state index contributed by atoms with van der Waals surface area (Å²) in [5, 5.41) is 3.22. The van der Waals surface area contributed by atoms with Crippen molar-refractivity contribution in [2.75, 3.05) is 0 Å². The zero-order valence-corrected chi connectivity index (χ0v) is 12.2. The molecular weight excluding hydrogens is 274 g/mol. The Kier molecular flexibility index (Phi) is 4.69. The van der Waals surface area contributed by atoms with Gasteiger partial charge in [-0.05, 0) is 42.7 Å². The van der Waals surface area contributed by atoms with Crippen molar-refractivity contribution in [2.45, 2.75) is 26.8 Å². The van der Waals surface area contributed by atoms with Gasteiger partial charge in [0.2, 0.25) is 0 Å². The Hall–Kier alpha value is -1.94. The summed E-state index contributed by atoms with van der Waals surface area (Å²) in [5.41, 5.74) is 3.44. The van der Waals surface area contributed by atoms with Crippen LogP contribution in [0.4, 0.5) is 0 Å². The molecule has 2 heterocycles. The van der Waals surface area contributed by atoms with Crippen molar-refractivity contribution in [3.8, 4) is 0 Å².